The molecule has 2 atom stereocenters. The lowest BCUT2D eigenvalue weighted by molar-refractivity contribution is 0.103. The Bertz CT molecular complexity index is 391. The van der Waals surface area contributed by atoms with E-state index in [1.807, 2.05) is 0 Å². The predicted molar refractivity (Wildman–Crippen MR) is 82.6 cm³/mol. The van der Waals surface area contributed by atoms with E-state index < -0.39 is 0 Å². The van der Waals surface area contributed by atoms with Crippen molar-refractivity contribution >= 4 is 0 Å². The smallest absolute Gasteiger partial charge is 0.0323 e. The number of rotatable bonds is 4. The van der Waals surface area contributed by atoms with Gasteiger partial charge in [-0.3, -0.25) is 4.90 Å². The highest BCUT2D eigenvalue weighted by Gasteiger charge is 2.26. The van der Waals surface area contributed by atoms with Crippen molar-refractivity contribution in [1.82, 2.24) is 10.2 Å². The molecule has 19 heavy (non-hydrogen) atoms. The number of likely N-dealkylation sites (tertiary alicyclic amines) is 1. The summed E-state index contributed by atoms with van der Waals surface area (Å²) in [4.78, 5) is 2.69. The zero-order valence-electron chi connectivity index (χ0n) is 12.9. The highest BCUT2D eigenvalue weighted by molar-refractivity contribution is 5.30. The maximum atomic E-state index is 3.35. The molecule has 1 aromatic carbocycles. The number of hydrogen-bond acceptors (Lipinski definition) is 2. The van der Waals surface area contributed by atoms with Crippen LogP contribution in [0.15, 0.2) is 18.2 Å². The summed E-state index contributed by atoms with van der Waals surface area (Å²) >= 11 is 0. The van der Waals surface area contributed by atoms with Gasteiger partial charge in [0.15, 0.2) is 0 Å². The molecule has 2 heteroatoms. The van der Waals surface area contributed by atoms with E-state index in [9.17, 15) is 0 Å². The van der Waals surface area contributed by atoms with Gasteiger partial charge in [-0.1, -0.05) is 35.7 Å². The number of nitrogens with zero attached hydrogens (tertiary/aromatic N) is 1. The van der Waals surface area contributed by atoms with Gasteiger partial charge in [-0.05, 0) is 52.8 Å². The summed E-state index contributed by atoms with van der Waals surface area (Å²) in [5, 5.41) is 3.35. The molecule has 2 rings (SSSR count). The van der Waals surface area contributed by atoms with Crippen molar-refractivity contribution in [2.45, 2.75) is 52.1 Å². The van der Waals surface area contributed by atoms with Crippen molar-refractivity contribution in [3.63, 3.8) is 0 Å². The molecule has 2 unspecified atom stereocenters. The number of likely N-dealkylation sites (N-methyl/N-ethyl adjacent to an activating group) is 1. The monoisotopic (exact) mass is 260 g/mol. The molecule has 1 N–H and O–H groups in total. The standard InChI is InChI=1S/C17H28N2/c1-13-9-14(2)11-16(10-13)15(3)19-8-6-5-7-17(19)12-18-4/h9-11,15,17-18H,5-8,12H2,1-4H3. The second-order valence-electron chi connectivity index (χ2n) is 6.04. The fourth-order valence-corrected chi connectivity index (χ4v) is 3.43. The first-order chi connectivity index (χ1) is 9.11. The van der Waals surface area contributed by atoms with Gasteiger partial charge >= 0.3 is 0 Å². The van der Waals surface area contributed by atoms with E-state index in [1.165, 1.54) is 42.5 Å². The maximum Gasteiger partial charge on any atom is 0.0323 e. The number of nitrogens with one attached hydrogen (secondary N) is 1. The lowest BCUT2D eigenvalue weighted by Crippen LogP contribution is -2.45. The summed E-state index contributed by atoms with van der Waals surface area (Å²) in [6.07, 6.45) is 4.05. The Balaban J connectivity index is 2.18. The molecule has 0 radical (unpaired) electrons. The summed E-state index contributed by atoms with van der Waals surface area (Å²) < 4.78 is 0. The van der Waals surface area contributed by atoms with Crippen LogP contribution >= 0.6 is 0 Å². The maximum absolute atomic E-state index is 3.35. The number of benzene rings is 1. The van der Waals surface area contributed by atoms with Gasteiger partial charge < -0.3 is 5.32 Å². The lowest BCUT2D eigenvalue weighted by Gasteiger charge is -2.40. The topological polar surface area (TPSA) is 15.3 Å². The number of piperidine rings is 1. The van der Waals surface area contributed by atoms with Crippen molar-refractivity contribution in [3.05, 3.63) is 34.9 Å². The molecule has 106 valence electrons. The molecule has 1 aliphatic heterocycles. The van der Waals surface area contributed by atoms with Crippen LogP contribution in [-0.4, -0.2) is 31.1 Å². The third kappa shape index (κ3) is 3.58. The van der Waals surface area contributed by atoms with Crippen LogP contribution in [0, 0.1) is 13.8 Å². The van der Waals surface area contributed by atoms with Crippen molar-refractivity contribution in [2.75, 3.05) is 20.1 Å². The second kappa shape index (κ2) is 6.53. The minimum atomic E-state index is 0.525. The molecular formula is C17H28N2. The predicted octanol–water partition coefficient (Wildman–Crippen LogP) is 3.44. The minimum Gasteiger partial charge on any atom is -0.318 e. The number of hydrogen-bond donors (Lipinski definition) is 1. The second-order valence-corrected chi connectivity index (χ2v) is 6.04. The first-order valence-electron chi connectivity index (χ1n) is 7.60. The molecule has 0 aliphatic carbocycles. The van der Waals surface area contributed by atoms with Crippen LogP contribution < -0.4 is 5.32 Å². The van der Waals surface area contributed by atoms with E-state index >= 15 is 0 Å². The van der Waals surface area contributed by atoms with Crippen LogP contribution in [0.25, 0.3) is 0 Å². The molecule has 0 amide bonds. The molecule has 0 saturated carbocycles. The SMILES string of the molecule is CNCC1CCCCN1C(C)c1cc(C)cc(C)c1. The van der Waals surface area contributed by atoms with Gasteiger partial charge in [0.1, 0.15) is 0 Å². The van der Waals surface area contributed by atoms with Gasteiger partial charge in [-0.15, -0.1) is 0 Å². The van der Waals surface area contributed by atoms with Crippen LogP contribution in [0.3, 0.4) is 0 Å². The molecular weight excluding hydrogens is 232 g/mol. The molecule has 1 aromatic rings. The van der Waals surface area contributed by atoms with Gasteiger partial charge in [0.05, 0.1) is 0 Å². The Hall–Kier alpha value is -0.860. The first kappa shape index (κ1) is 14.5. The van der Waals surface area contributed by atoms with Gasteiger partial charge in [0.25, 0.3) is 0 Å². The third-order valence-corrected chi connectivity index (χ3v) is 4.34. The van der Waals surface area contributed by atoms with Crippen molar-refractivity contribution < 1.29 is 0 Å². The average Bonchev–Trinajstić information content (AvgIpc) is 2.38. The third-order valence-electron chi connectivity index (χ3n) is 4.34. The van der Waals surface area contributed by atoms with Crippen LogP contribution in [0.4, 0.5) is 0 Å². The lowest BCUT2D eigenvalue weighted by atomic mass is 9.95. The molecule has 2 nitrogen and oxygen atoms in total. The molecule has 1 aliphatic rings. The summed E-state index contributed by atoms with van der Waals surface area (Å²) in [6, 6.07) is 8.18. The summed E-state index contributed by atoms with van der Waals surface area (Å²) in [5.41, 5.74) is 4.23. The fourth-order valence-electron chi connectivity index (χ4n) is 3.43. The molecule has 1 saturated heterocycles. The normalized spacial score (nSPS) is 22.4. The van der Waals surface area contributed by atoms with Crippen LogP contribution in [-0.2, 0) is 0 Å². The molecule has 1 heterocycles. The van der Waals surface area contributed by atoms with Gasteiger partial charge in [0.2, 0.25) is 0 Å². The molecule has 1 fully saturated rings. The van der Waals surface area contributed by atoms with Gasteiger partial charge in [-0.2, -0.15) is 0 Å². The molecule has 0 spiro atoms. The Labute approximate surface area is 118 Å². The Morgan fingerprint density at radius 3 is 2.53 bits per heavy atom. The zero-order chi connectivity index (χ0) is 13.8. The quantitative estimate of drug-likeness (QED) is 0.892. The highest BCUT2D eigenvalue weighted by Crippen LogP contribution is 2.29. The summed E-state index contributed by atoms with van der Waals surface area (Å²) in [6.45, 7) is 9.10. The first-order valence-corrected chi connectivity index (χ1v) is 7.60. The molecule has 0 aromatic heterocycles. The van der Waals surface area contributed by atoms with Crippen LogP contribution in [0.1, 0.15) is 48.9 Å². The summed E-state index contributed by atoms with van der Waals surface area (Å²) in [7, 11) is 2.06. The van der Waals surface area contributed by atoms with Crippen molar-refractivity contribution in [2.24, 2.45) is 0 Å². The van der Waals surface area contributed by atoms with E-state index in [0.717, 1.165) is 6.54 Å². The van der Waals surface area contributed by atoms with Crippen LogP contribution in [0.5, 0.6) is 0 Å². The van der Waals surface area contributed by atoms with Gasteiger partial charge in [0, 0.05) is 18.6 Å². The Kier molecular flexibility index (Phi) is 5.00. The van der Waals surface area contributed by atoms with E-state index in [-0.39, 0.29) is 0 Å². The Morgan fingerprint density at radius 2 is 1.89 bits per heavy atom. The van der Waals surface area contributed by atoms with E-state index in [4.69, 9.17) is 0 Å². The number of aryl methyl sites for hydroxylation is 2. The fraction of sp³-hybridized carbons (Fsp3) is 0.647. The average molecular weight is 260 g/mol. The van der Waals surface area contributed by atoms with E-state index in [0.29, 0.717) is 12.1 Å². The highest BCUT2D eigenvalue weighted by atomic mass is 15.2. The van der Waals surface area contributed by atoms with E-state index in [1.54, 1.807) is 0 Å². The summed E-state index contributed by atoms with van der Waals surface area (Å²) in [5.74, 6) is 0. The van der Waals surface area contributed by atoms with Crippen molar-refractivity contribution in [1.29, 1.82) is 0 Å². The molecule has 0 bridgehead atoms. The van der Waals surface area contributed by atoms with Crippen LogP contribution in [0.2, 0.25) is 0 Å². The largest absolute Gasteiger partial charge is 0.318 e. The van der Waals surface area contributed by atoms with Gasteiger partial charge in [-0.25, -0.2) is 0 Å². The Morgan fingerprint density at radius 1 is 1.21 bits per heavy atom. The van der Waals surface area contributed by atoms with Crippen molar-refractivity contribution in [3.8, 4) is 0 Å². The zero-order valence-corrected chi connectivity index (χ0v) is 12.9. The minimum absolute atomic E-state index is 0.525. The van der Waals surface area contributed by atoms with E-state index in [2.05, 4.69) is 56.2 Å².